The van der Waals surface area contributed by atoms with Gasteiger partial charge in [0.1, 0.15) is 0 Å². The lowest BCUT2D eigenvalue weighted by atomic mass is 10.1. The topological polar surface area (TPSA) is 87.3 Å². The normalized spacial score (nSPS) is 19.1. The maximum Gasteiger partial charge on any atom is 0.224 e. The summed E-state index contributed by atoms with van der Waals surface area (Å²) in [6.07, 6.45) is 1.12. The van der Waals surface area contributed by atoms with Crippen LogP contribution in [0.3, 0.4) is 0 Å². The van der Waals surface area contributed by atoms with Crippen LogP contribution < -0.4 is 16.0 Å². The van der Waals surface area contributed by atoms with Gasteiger partial charge in [-0.15, -0.1) is 0 Å². The molecule has 1 atom stereocenters. The van der Waals surface area contributed by atoms with Crippen molar-refractivity contribution in [2.24, 2.45) is 5.92 Å². The number of benzene rings is 1. The molecule has 1 saturated heterocycles. The third-order valence-corrected chi connectivity index (χ3v) is 5.71. The van der Waals surface area contributed by atoms with Crippen LogP contribution in [0.1, 0.15) is 19.8 Å². The Morgan fingerprint density at radius 1 is 1.22 bits per heavy atom. The molecule has 0 saturated carbocycles. The molecule has 0 aliphatic carbocycles. The van der Waals surface area contributed by atoms with Gasteiger partial charge in [-0.25, -0.2) is 8.42 Å². The van der Waals surface area contributed by atoms with Gasteiger partial charge in [0.2, 0.25) is 5.91 Å². The van der Waals surface area contributed by atoms with Gasteiger partial charge in [-0.05, 0) is 48.8 Å². The molecule has 23 heavy (non-hydrogen) atoms. The lowest BCUT2D eigenvalue weighted by Gasteiger charge is -2.13. The molecule has 0 radical (unpaired) electrons. The summed E-state index contributed by atoms with van der Waals surface area (Å²) in [5.41, 5.74) is 1.54. The summed E-state index contributed by atoms with van der Waals surface area (Å²) in [6.45, 7) is 2.35. The largest absolute Gasteiger partial charge is 0.362 e. The molecule has 1 amide bonds. The fourth-order valence-corrected chi connectivity index (χ4v) is 4.39. The van der Waals surface area contributed by atoms with Crippen LogP contribution in [0.2, 0.25) is 0 Å². The Labute approximate surface area is 142 Å². The molecule has 8 heteroatoms. The Bertz CT molecular complexity index is 672. The van der Waals surface area contributed by atoms with E-state index in [1.807, 2.05) is 12.1 Å². The molecule has 1 heterocycles. The number of hydrogen-bond acceptors (Lipinski definition) is 4. The van der Waals surface area contributed by atoms with Crippen molar-refractivity contribution in [2.45, 2.75) is 19.8 Å². The Morgan fingerprint density at radius 3 is 2.35 bits per heavy atom. The van der Waals surface area contributed by atoms with Crippen molar-refractivity contribution in [1.29, 1.82) is 0 Å². The molecule has 1 aromatic carbocycles. The second-order valence-corrected chi connectivity index (χ2v) is 8.22. The van der Waals surface area contributed by atoms with Gasteiger partial charge in [0, 0.05) is 24.3 Å². The Hall–Kier alpha value is -1.67. The van der Waals surface area contributed by atoms with Crippen LogP contribution in [0.4, 0.5) is 11.4 Å². The fraction of sp³-hybridized carbons (Fsp3) is 0.467. The highest BCUT2D eigenvalue weighted by Gasteiger charge is 2.27. The first-order valence-electron chi connectivity index (χ1n) is 7.53. The number of amides is 1. The zero-order valence-electron chi connectivity index (χ0n) is 13.0. The van der Waals surface area contributed by atoms with E-state index in [0.717, 1.165) is 11.4 Å². The summed E-state index contributed by atoms with van der Waals surface area (Å²) in [7, 11) is -2.86. The van der Waals surface area contributed by atoms with Gasteiger partial charge in [-0.1, -0.05) is 6.92 Å². The third kappa shape index (κ3) is 5.80. The molecular formula is C15H21N3O3S2. The predicted molar refractivity (Wildman–Crippen MR) is 96.3 cm³/mol. The van der Waals surface area contributed by atoms with E-state index in [-0.39, 0.29) is 23.3 Å². The molecule has 1 aromatic rings. The monoisotopic (exact) mass is 355 g/mol. The SMILES string of the molecule is CCC(=O)Nc1ccc(NC(=S)NCC2CCS(=O)(=O)C2)cc1. The van der Waals surface area contributed by atoms with Crippen LogP contribution in [-0.2, 0) is 14.6 Å². The summed E-state index contributed by atoms with van der Waals surface area (Å²) < 4.78 is 22.8. The average molecular weight is 355 g/mol. The molecule has 3 N–H and O–H groups in total. The van der Waals surface area contributed by atoms with Crippen LogP contribution in [0.25, 0.3) is 0 Å². The molecule has 6 nitrogen and oxygen atoms in total. The van der Waals surface area contributed by atoms with Gasteiger partial charge in [0.15, 0.2) is 14.9 Å². The summed E-state index contributed by atoms with van der Waals surface area (Å²) in [6, 6.07) is 7.22. The Morgan fingerprint density at radius 2 is 1.83 bits per heavy atom. The van der Waals surface area contributed by atoms with Gasteiger partial charge >= 0.3 is 0 Å². The van der Waals surface area contributed by atoms with Gasteiger partial charge in [0.25, 0.3) is 0 Å². The first-order valence-corrected chi connectivity index (χ1v) is 9.76. The van der Waals surface area contributed by atoms with Crippen LogP contribution in [-0.4, -0.2) is 37.5 Å². The number of thiocarbonyl (C=S) groups is 1. The van der Waals surface area contributed by atoms with Crippen molar-refractivity contribution < 1.29 is 13.2 Å². The van der Waals surface area contributed by atoms with Crippen molar-refractivity contribution in [3.8, 4) is 0 Å². The van der Waals surface area contributed by atoms with Crippen molar-refractivity contribution >= 4 is 44.4 Å². The van der Waals surface area contributed by atoms with Gasteiger partial charge in [-0.2, -0.15) is 0 Å². The number of sulfone groups is 1. The third-order valence-electron chi connectivity index (χ3n) is 3.63. The molecule has 0 bridgehead atoms. The fourth-order valence-electron chi connectivity index (χ4n) is 2.33. The molecule has 1 aliphatic rings. The Balaban J connectivity index is 1.78. The predicted octanol–water partition coefficient (Wildman–Crippen LogP) is 1.76. The standard InChI is InChI=1S/C15H21N3O3S2/c1-2-14(19)17-12-3-5-13(6-4-12)18-15(22)16-9-11-7-8-23(20,21)10-11/h3-6,11H,2,7-10H2,1H3,(H,17,19)(H2,16,18,22). The van der Waals surface area contributed by atoms with E-state index in [1.54, 1.807) is 19.1 Å². The summed E-state index contributed by atoms with van der Waals surface area (Å²) >= 11 is 5.21. The minimum absolute atomic E-state index is 0.0330. The van der Waals surface area contributed by atoms with Crippen molar-refractivity contribution in [2.75, 3.05) is 28.7 Å². The summed E-state index contributed by atoms with van der Waals surface area (Å²) in [5, 5.41) is 9.32. The van der Waals surface area contributed by atoms with E-state index in [0.29, 0.717) is 24.5 Å². The first kappa shape index (κ1) is 17.7. The lowest BCUT2D eigenvalue weighted by Crippen LogP contribution is -2.33. The second kappa shape index (κ2) is 7.74. The second-order valence-electron chi connectivity index (χ2n) is 5.58. The number of anilines is 2. The molecule has 1 unspecified atom stereocenters. The maximum atomic E-state index is 11.4. The quantitative estimate of drug-likeness (QED) is 0.698. The van der Waals surface area contributed by atoms with E-state index < -0.39 is 9.84 Å². The molecule has 0 aromatic heterocycles. The van der Waals surface area contributed by atoms with Crippen molar-refractivity contribution in [3.63, 3.8) is 0 Å². The van der Waals surface area contributed by atoms with Crippen molar-refractivity contribution in [3.05, 3.63) is 24.3 Å². The number of carbonyl (C=O) groups is 1. The maximum absolute atomic E-state index is 11.4. The molecule has 1 fully saturated rings. The summed E-state index contributed by atoms with van der Waals surface area (Å²) in [4.78, 5) is 11.3. The molecule has 0 spiro atoms. The zero-order chi connectivity index (χ0) is 16.9. The molecule has 2 rings (SSSR count). The molecular weight excluding hydrogens is 334 g/mol. The van der Waals surface area contributed by atoms with E-state index in [1.165, 1.54) is 0 Å². The highest BCUT2D eigenvalue weighted by molar-refractivity contribution is 7.91. The summed E-state index contributed by atoms with van der Waals surface area (Å²) in [5.74, 6) is 0.583. The van der Waals surface area contributed by atoms with E-state index in [4.69, 9.17) is 12.2 Å². The van der Waals surface area contributed by atoms with Crippen LogP contribution in [0.15, 0.2) is 24.3 Å². The van der Waals surface area contributed by atoms with Gasteiger partial charge in [0.05, 0.1) is 11.5 Å². The highest BCUT2D eigenvalue weighted by atomic mass is 32.2. The van der Waals surface area contributed by atoms with E-state index in [9.17, 15) is 13.2 Å². The smallest absolute Gasteiger partial charge is 0.224 e. The van der Waals surface area contributed by atoms with Crippen molar-refractivity contribution in [1.82, 2.24) is 5.32 Å². The van der Waals surface area contributed by atoms with Crippen LogP contribution >= 0.6 is 12.2 Å². The minimum Gasteiger partial charge on any atom is -0.362 e. The van der Waals surface area contributed by atoms with Crippen LogP contribution in [0.5, 0.6) is 0 Å². The Kier molecular flexibility index (Phi) is 5.95. The van der Waals surface area contributed by atoms with Crippen LogP contribution in [0, 0.1) is 5.92 Å². The van der Waals surface area contributed by atoms with E-state index >= 15 is 0 Å². The average Bonchev–Trinajstić information content (AvgIpc) is 2.86. The lowest BCUT2D eigenvalue weighted by molar-refractivity contribution is -0.115. The van der Waals surface area contributed by atoms with Gasteiger partial charge in [-0.3, -0.25) is 4.79 Å². The molecule has 126 valence electrons. The number of nitrogens with one attached hydrogen (secondary N) is 3. The number of rotatable bonds is 5. The highest BCUT2D eigenvalue weighted by Crippen LogP contribution is 2.17. The molecule has 1 aliphatic heterocycles. The minimum atomic E-state index is -2.86. The number of hydrogen-bond donors (Lipinski definition) is 3. The van der Waals surface area contributed by atoms with E-state index in [2.05, 4.69) is 16.0 Å². The first-order chi connectivity index (χ1) is 10.9. The van der Waals surface area contributed by atoms with Gasteiger partial charge < -0.3 is 16.0 Å². The number of carbonyl (C=O) groups excluding carboxylic acids is 1. The zero-order valence-corrected chi connectivity index (χ0v) is 14.6.